The normalized spacial score (nSPS) is 14.6. The molecule has 0 saturated heterocycles. The quantitative estimate of drug-likeness (QED) is 0.272. The van der Waals surface area contributed by atoms with E-state index in [9.17, 15) is 13.6 Å². The molecule has 1 saturated carbocycles. The Kier molecular flexibility index (Phi) is 5.34. The van der Waals surface area contributed by atoms with Gasteiger partial charge in [0, 0.05) is 11.6 Å². The molecule has 6 heteroatoms. The number of aromatic nitrogens is 2. The molecule has 0 bridgehead atoms. The van der Waals surface area contributed by atoms with Crippen molar-refractivity contribution in [2.45, 2.75) is 12.8 Å². The number of allylic oxidation sites excluding steroid dienone is 1. The van der Waals surface area contributed by atoms with E-state index in [2.05, 4.69) is 10.2 Å². The van der Waals surface area contributed by atoms with E-state index in [4.69, 9.17) is 5.11 Å². The van der Waals surface area contributed by atoms with Gasteiger partial charge in [0.25, 0.3) is 0 Å². The molecule has 0 amide bonds. The smallest absolute Gasteiger partial charge is 0.328 e. The number of halogens is 2. The first-order chi connectivity index (χ1) is 16.0. The van der Waals surface area contributed by atoms with Crippen LogP contribution in [0.25, 0.3) is 28.1 Å². The zero-order valence-corrected chi connectivity index (χ0v) is 17.6. The van der Waals surface area contributed by atoms with Crippen LogP contribution in [0.1, 0.15) is 35.1 Å². The van der Waals surface area contributed by atoms with Crippen LogP contribution in [0.4, 0.5) is 8.78 Å². The fourth-order valence-corrected chi connectivity index (χ4v) is 4.15. The van der Waals surface area contributed by atoms with Crippen LogP contribution >= 0.6 is 0 Å². The lowest BCUT2D eigenvalue weighted by Gasteiger charge is -2.18. The zero-order valence-electron chi connectivity index (χ0n) is 17.6. The molecule has 0 spiro atoms. The molecule has 1 fully saturated rings. The summed E-state index contributed by atoms with van der Waals surface area (Å²) in [5.41, 5.74) is 5.12. The van der Waals surface area contributed by atoms with Gasteiger partial charge in [-0.25, -0.2) is 9.18 Å². The van der Waals surface area contributed by atoms with Crippen LogP contribution in [0.5, 0.6) is 0 Å². The average molecular weight is 442 g/mol. The molecule has 3 aromatic carbocycles. The monoisotopic (exact) mass is 442 g/mol. The lowest BCUT2D eigenvalue weighted by Crippen LogP contribution is -2.00. The number of benzene rings is 3. The van der Waals surface area contributed by atoms with Gasteiger partial charge in [-0.15, -0.1) is 0 Å². The van der Waals surface area contributed by atoms with E-state index in [1.165, 1.54) is 12.1 Å². The maximum absolute atomic E-state index is 15.0. The number of carboxylic acids is 1. The Morgan fingerprint density at radius 2 is 1.73 bits per heavy atom. The van der Waals surface area contributed by atoms with Crippen LogP contribution < -0.4 is 0 Å². The number of aliphatic carboxylic acids is 1. The minimum Gasteiger partial charge on any atom is -0.478 e. The van der Waals surface area contributed by atoms with Gasteiger partial charge in [-0.3, -0.25) is 5.10 Å². The first kappa shape index (κ1) is 20.8. The number of hydrogen-bond acceptors (Lipinski definition) is 2. The van der Waals surface area contributed by atoms with Crippen molar-refractivity contribution in [1.82, 2.24) is 10.2 Å². The number of nitrogens with zero attached hydrogens (tertiary/aromatic N) is 1. The third-order valence-electron chi connectivity index (χ3n) is 5.83. The molecule has 0 radical (unpaired) electrons. The molecule has 164 valence electrons. The summed E-state index contributed by atoms with van der Waals surface area (Å²) in [6.07, 6.45) is 4.50. The van der Waals surface area contributed by atoms with Crippen molar-refractivity contribution in [3.63, 3.8) is 0 Å². The van der Waals surface area contributed by atoms with E-state index in [0.29, 0.717) is 16.5 Å². The van der Waals surface area contributed by atoms with Crippen molar-refractivity contribution < 1.29 is 18.7 Å². The number of nitrogens with one attached hydrogen (secondary N) is 1. The lowest BCUT2D eigenvalue weighted by atomic mass is 9.86. The summed E-state index contributed by atoms with van der Waals surface area (Å²) in [6, 6.07) is 19.5. The maximum atomic E-state index is 15.0. The minimum absolute atomic E-state index is 0.202. The maximum Gasteiger partial charge on any atom is 0.328 e. The van der Waals surface area contributed by atoms with Gasteiger partial charge in [0.15, 0.2) is 0 Å². The summed E-state index contributed by atoms with van der Waals surface area (Å²) in [6.45, 7) is 0. The predicted molar refractivity (Wildman–Crippen MR) is 124 cm³/mol. The van der Waals surface area contributed by atoms with Gasteiger partial charge < -0.3 is 5.11 Å². The topological polar surface area (TPSA) is 66.0 Å². The first-order valence-electron chi connectivity index (χ1n) is 10.7. The van der Waals surface area contributed by atoms with Crippen molar-refractivity contribution in [3.8, 4) is 0 Å². The fourth-order valence-electron chi connectivity index (χ4n) is 4.15. The van der Waals surface area contributed by atoms with Gasteiger partial charge in [0.2, 0.25) is 5.95 Å². The highest BCUT2D eigenvalue weighted by Gasteiger charge is 2.32. The molecule has 5 rings (SSSR count). The SMILES string of the molecule is O=C(O)C=Cc1ccc(C(=C(c2ccccc2F)C2CC2)c2ccc3n[nH]c(F)c3c2)cc1. The van der Waals surface area contributed by atoms with E-state index >= 15 is 0 Å². The Morgan fingerprint density at radius 1 is 1.00 bits per heavy atom. The largest absolute Gasteiger partial charge is 0.478 e. The van der Waals surface area contributed by atoms with Gasteiger partial charge in [-0.1, -0.05) is 48.5 Å². The molecule has 33 heavy (non-hydrogen) atoms. The van der Waals surface area contributed by atoms with E-state index in [1.54, 1.807) is 24.3 Å². The van der Waals surface area contributed by atoms with Gasteiger partial charge in [-0.2, -0.15) is 9.49 Å². The molecule has 4 aromatic rings. The number of carbonyl (C=O) groups is 1. The minimum atomic E-state index is -1.02. The van der Waals surface area contributed by atoms with Gasteiger partial charge >= 0.3 is 5.97 Å². The van der Waals surface area contributed by atoms with Crippen LogP contribution in [-0.4, -0.2) is 21.3 Å². The number of fused-ring (bicyclic) bond motifs is 1. The molecule has 1 heterocycles. The Balaban J connectivity index is 1.74. The number of H-pyrrole nitrogens is 1. The first-order valence-corrected chi connectivity index (χ1v) is 10.7. The molecule has 0 unspecified atom stereocenters. The van der Waals surface area contributed by atoms with Crippen LogP contribution in [0.2, 0.25) is 0 Å². The van der Waals surface area contributed by atoms with Crippen LogP contribution in [0.3, 0.4) is 0 Å². The highest BCUT2D eigenvalue weighted by Crippen LogP contribution is 2.48. The summed E-state index contributed by atoms with van der Waals surface area (Å²) >= 11 is 0. The molecule has 2 N–H and O–H groups in total. The second-order valence-electron chi connectivity index (χ2n) is 8.11. The lowest BCUT2D eigenvalue weighted by molar-refractivity contribution is -0.131. The summed E-state index contributed by atoms with van der Waals surface area (Å²) in [7, 11) is 0. The van der Waals surface area contributed by atoms with E-state index in [0.717, 1.165) is 46.8 Å². The van der Waals surface area contributed by atoms with E-state index < -0.39 is 11.9 Å². The van der Waals surface area contributed by atoms with Crippen LogP contribution in [0, 0.1) is 17.7 Å². The molecule has 0 atom stereocenters. The van der Waals surface area contributed by atoms with Crippen molar-refractivity contribution >= 4 is 34.1 Å². The Labute approximate surface area is 188 Å². The molecule has 1 aromatic heterocycles. The highest BCUT2D eigenvalue weighted by atomic mass is 19.1. The number of carboxylic acid groups (broad SMARTS) is 1. The standard InChI is InChI=1S/C27H20F2N2O2/c28-22-4-2-1-3-20(22)26(18-10-11-18)25(17-8-5-16(6-9-17)7-14-24(32)33)19-12-13-23-21(15-19)27(29)31-30-23/h1-9,12-15,18H,10-11H2,(H,30,31)(H,32,33). The van der Waals surface area contributed by atoms with Crippen LogP contribution in [0.15, 0.2) is 72.8 Å². The van der Waals surface area contributed by atoms with Gasteiger partial charge in [-0.05, 0) is 70.9 Å². The summed E-state index contributed by atoms with van der Waals surface area (Å²) in [5, 5.41) is 15.6. The molecular formula is C27H20F2N2O2. The number of aromatic amines is 1. The molecule has 1 aliphatic carbocycles. The van der Waals surface area contributed by atoms with Crippen molar-refractivity contribution in [1.29, 1.82) is 0 Å². The van der Waals surface area contributed by atoms with Gasteiger partial charge in [0.1, 0.15) is 5.82 Å². The number of hydrogen-bond donors (Lipinski definition) is 2. The van der Waals surface area contributed by atoms with Crippen molar-refractivity contribution in [2.24, 2.45) is 5.92 Å². The molecule has 1 aliphatic rings. The third-order valence-corrected chi connectivity index (χ3v) is 5.83. The third kappa shape index (κ3) is 4.20. The predicted octanol–water partition coefficient (Wildman–Crippen LogP) is 6.31. The highest BCUT2D eigenvalue weighted by molar-refractivity contribution is 6.01. The average Bonchev–Trinajstić information content (AvgIpc) is 3.59. The Morgan fingerprint density at radius 3 is 2.42 bits per heavy atom. The summed E-state index contributed by atoms with van der Waals surface area (Å²) < 4.78 is 29.3. The summed E-state index contributed by atoms with van der Waals surface area (Å²) in [5.74, 6) is -1.63. The van der Waals surface area contributed by atoms with E-state index in [-0.39, 0.29) is 11.7 Å². The van der Waals surface area contributed by atoms with Crippen molar-refractivity contribution in [2.75, 3.05) is 0 Å². The van der Waals surface area contributed by atoms with Gasteiger partial charge in [0.05, 0.1) is 10.9 Å². The molecular weight excluding hydrogens is 422 g/mol. The van der Waals surface area contributed by atoms with Crippen molar-refractivity contribution in [3.05, 3.63) is 107 Å². The molecule has 4 nitrogen and oxygen atoms in total. The fraction of sp³-hybridized carbons (Fsp3) is 0.111. The summed E-state index contributed by atoms with van der Waals surface area (Å²) in [4.78, 5) is 10.8. The second-order valence-corrected chi connectivity index (χ2v) is 8.11. The Bertz CT molecular complexity index is 1410. The number of rotatable bonds is 6. The zero-order chi connectivity index (χ0) is 22.9. The van der Waals surface area contributed by atoms with E-state index in [1.807, 2.05) is 36.4 Å². The second kappa shape index (κ2) is 8.47. The Hall–Kier alpha value is -4.06. The van der Waals surface area contributed by atoms with Crippen LogP contribution in [-0.2, 0) is 4.79 Å². The molecule has 0 aliphatic heterocycles.